The van der Waals surface area contributed by atoms with Gasteiger partial charge < -0.3 is 0 Å². The Balaban J connectivity index is 2.29. The summed E-state index contributed by atoms with van der Waals surface area (Å²) in [6, 6.07) is 12.7. The molecule has 2 aromatic rings. The van der Waals surface area contributed by atoms with Gasteiger partial charge >= 0.3 is 0 Å². The van der Waals surface area contributed by atoms with Gasteiger partial charge in [0.05, 0.1) is 9.37 Å². The molecule has 0 radical (unpaired) electrons. The fraction of sp³-hybridized carbons (Fsp3) is 0.200. The molecule has 0 aromatic heterocycles. The Bertz CT molecular complexity index is 720. The van der Waals surface area contributed by atoms with Gasteiger partial charge in [-0.1, -0.05) is 37.3 Å². The van der Waals surface area contributed by atoms with Crippen LogP contribution in [-0.4, -0.2) is 8.42 Å². The van der Waals surface area contributed by atoms with Crippen LogP contribution >= 0.6 is 15.9 Å². The van der Waals surface area contributed by atoms with E-state index in [9.17, 15) is 12.8 Å². The zero-order chi connectivity index (χ0) is 15.5. The van der Waals surface area contributed by atoms with Crippen LogP contribution in [0.4, 0.5) is 4.39 Å². The molecule has 0 aliphatic rings. The van der Waals surface area contributed by atoms with Crippen LogP contribution in [0.1, 0.15) is 24.9 Å². The first-order valence-corrected chi connectivity index (χ1v) is 8.74. The fourth-order valence-corrected chi connectivity index (χ4v) is 3.54. The topological polar surface area (TPSA) is 46.2 Å². The lowest BCUT2D eigenvalue weighted by atomic mass is 10.1. The molecule has 0 fully saturated rings. The van der Waals surface area contributed by atoms with Gasteiger partial charge in [-0.25, -0.2) is 17.5 Å². The summed E-state index contributed by atoms with van der Waals surface area (Å²) in [5.41, 5.74) is 0.876. The van der Waals surface area contributed by atoms with Crippen LogP contribution < -0.4 is 4.72 Å². The Morgan fingerprint density at radius 1 is 1.19 bits per heavy atom. The fourth-order valence-electron chi connectivity index (χ4n) is 1.97. The van der Waals surface area contributed by atoms with Gasteiger partial charge in [0, 0.05) is 6.04 Å². The van der Waals surface area contributed by atoms with Crippen molar-refractivity contribution in [3.8, 4) is 0 Å². The predicted octanol–water partition coefficient (Wildman–Crippen LogP) is 4.02. The Kier molecular flexibility index (Phi) is 5.13. The normalized spacial score (nSPS) is 13.1. The minimum atomic E-state index is -3.77. The van der Waals surface area contributed by atoms with E-state index in [4.69, 9.17) is 0 Å². The molecular formula is C15H15BrFNO2S. The molecule has 2 rings (SSSR count). The minimum Gasteiger partial charge on any atom is -0.207 e. The van der Waals surface area contributed by atoms with Crippen LogP contribution in [0.3, 0.4) is 0 Å². The average molecular weight is 372 g/mol. The van der Waals surface area contributed by atoms with E-state index in [1.165, 1.54) is 12.1 Å². The molecule has 0 saturated carbocycles. The monoisotopic (exact) mass is 371 g/mol. The van der Waals surface area contributed by atoms with Crippen molar-refractivity contribution in [3.63, 3.8) is 0 Å². The van der Waals surface area contributed by atoms with Crippen molar-refractivity contribution in [2.75, 3.05) is 0 Å². The van der Waals surface area contributed by atoms with E-state index >= 15 is 0 Å². The molecule has 0 amide bonds. The number of hydrogen-bond donors (Lipinski definition) is 1. The quantitative estimate of drug-likeness (QED) is 0.862. The van der Waals surface area contributed by atoms with Gasteiger partial charge in [0.25, 0.3) is 0 Å². The minimum absolute atomic E-state index is 0.0856. The van der Waals surface area contributed by atoms with E-state index in [1.807, 2.05) is 37.3 Å². The second-order valence-electron chi connectivity index (χ2n) is 4.57. The van der Waals surface area contributed by atoms with Crippen molar-refractivity contribution in [2.24, 2.45) is 0 Å². The standard InChI is InChI=1S/C15H15BrFNO2S/c1-2-15(11-6-4-3-5-7-11)18-21(19,20)12-8-9-13(16)14(17)10-12/h3-10,15,18H,2H2,1H3. The first kappa shape index (κ1) is 16.1. The van der Waals surface area contributed by atoms with Gasteiger partial charge in [-0.15, -0.1) is 0 Å². The maximum absolute atomic E-state index is 13.5. The summed E-state index contributed by atoms with van der Waals surface area (Å²) in [4.78, 5) is -0.0856. The molecule has 6 heteroatoms. The molecule has 1 unspecified atom stereocenters. The molecular weight excluding hydrogens is 357 g/mol. The lowest BCUT2D eigenvalue weighted by Gasteiger charge is -2.17. The second-order valence-corrected chi connectivity index (χ2v) is 7.14. The summed E-state index contributed by atoms with van der Waals surface area (Å²) in [5.74, 6) is -0.606. The van der Waals surface area contributed by atoms with E-state index in [0.717, 1.165) is 11.6 Å². The summed E-state index contributed by atoms with van der Waals surface area (Å²) in [5, 5.41) is 0. The van der Waals surface area contributed by atoms with Gasteiger partial charge in [0.15, 0.2) is 0 Å². The van der Waals surface area contributed by atoms with Crippen molar-refractivity contribution in [1.29, 1.82) is 0 Å². The Hall–Kier alpha value is -1.24. The lowest BCUT2D eigenvalue weighted by Crippen LogP contribution is -2.28. The van der Waals surface area contributed by atoms with Crippen LogP contribution in [0, 0.1) is 5.82 Å². The lowest BCUT2D eigenvalue weighted by molar-refractivity contribution is 0.548. The van der Waals surface area contributed by atoms with Crippen LogP contribution in [-0.2, 0) is 10.0 Å². The van der Waals surface area contributed by atoms with Crippen molar-refractivity contribution >= 4 is 26.0 Å². The van der Waals surface area contributed by atoms with Crippen molar-refractivity contribution in [1.82, 2.24) is 4.72 Å². The van der Waals surface area contributed by atoms with E-state index < -0.39 is 15.8 Å². The molecule has 1 N–H and O–H groups in total. The van der Waals surface area contributed by atoms with Gasteiger partial charge in [0.2, 0.25) is 10.0 Å². The van der Waals surface area contributed by atoms with Crippen LogP contribution in [0.2, 0.25) is 0 Å². The maximum Gasteiger partial charge on any atom is 0.241 e. The highest BCUT2D eigenvalue weighted by molar-refractivity contribution is 9.10. The SMILES string of the molecule is CCC(NS(=O)(=O)c1ccc(Br)c(F)c1)c1ccccc1. The third kappa shape index (κ3) is 3.90. The number of sulfonamides is 1. The number of halogens is 2. The first-order valence-electron chi connectivity index (χ1n) is 6.46. The molecule has 0 aliphatic carbocycles. The van der Waals surface area contributed by atoms with Gasteiger partial charge in [0.1, 0.15) is 5.82 Å². The molecule has 0 aliphatic heterocycles. The molecule has 2 aromatic carbocycles. The Labute approximate surface area is 132 Å². The highest BCUT2D eigenvalue weighted by atomic mass is 79.9. The van der Waals surface area contributed by atoms with Crippen LogP contribution in [0.25, 0.3) is 0 Å². The molecule has 0 bridgehead atoms. The summed E-state index contributed by atoms with van der Waals surface area (Å²) in [7, 11) is -3.77. The predicted molar refractivity (Wildman–Crippen MR) is 83.9 cm³/mol. The Morgan fingerprint density at radius 3 is 2.43 bits per heavy atom. The van der Waals surface area contributed by atoms with E-state index in [-0.39, 0.29) is 15.4 Å². The van der Waals surface area contributed by atoms with Crippen molar-refractivity contribution in [3.05, 3.63) is 64.4 Å². The molecule has 3 nitrogen and oxygen atoms in total. The highest BCUT2D eigenvalue weighted by Gasteiger charge is 2.21. The second kappa shape index (κ2) is 6.68. The van der Waals surface area contributed by atoms with Crippen molar-refractivity contribution < 1.29 is 12.8 Å². The zero-order valence-corrected chi connectivity index (χ0v) is 13.8. The summed E-state index contributed by atoms with van der Waals surface area (Å²) >= 11 is 3.01. The third-order valence-corrected chi connectivity index (χ3v) is 5.22. The van der Waals surface area contributed by atoms with Gasteiger partial charge in [-0.05, 0) is 46.1 Å². The zero-order valence-electron chi connectivity index (χ0n) is 11.4. The summed E-state index contributed by atoms with van der Waals surface area (Å²) in [6.45, 7) is 1.89. The molecule has 112 valence electrons. The van der Waals surface area contributed by atoms with E-state index in [1.54, 1.807) is 0 Å². The molecule has 0 heterocycles. The maximum atomic E-state index is 13.5. The summed E-state index contributed by atoms with van der Waals surface area (Å²) < 4.78 is 41.0. The number of benzene rings is 2. The van der Waals surface area contributed by atoms with Crippen LogP contribution in [0.5, 0.6) is 0 Å². The van der Waals surface area contributed by atoms with Gasteiger partial charge in [-0.2, -0.15) is 0 Å². The molecule has 1 atom stereocenters. The summed E-state index contributed by atoms with van der Waals surface area (Å²) in [6.07, 6.45) is 0.599. The third-order valence-electron chi connectivity index (χ3n) is 3.11. The number of rotatable bonds is 5. The van der Waals surface area contributed by atoms with Crippen LogP contribution in [0.15, 0.2) is 57.9 Å². The van der Waals surface area contributed by atoms with Gasteiger partial charge in [-0.3, -0.25) is 0 Å². The first-order chi connectivity index (χ1) is 9.94. The smallest absolute Gasteiger partial charge is 0.207 e. The largest absolute Gasteiger partial charge is 0.241 e. The molecule has 0 saturated heterocycles. The number of hydrogen-bond acceptors (Lipinski definition) is 2. The average Bonchev–Trinajstić information content (AvgIpc) is 2.48. The highest BCUT2D eigenvalue weighted by Crippen LogP contribution is 2.23. The Morgan fingerprint density at radius 2 is 1.86 bits per heavy atom. The number of nitrogens with one attached hydrogen (secondary N) is 1. The molecule has 0 spiro atoms. The van der Waals surface area contributed by atoms with E-state index in [0.29, 0.717) is 6.42 Å². The van der Waals surface area contributed by atoms with Crippen molar-refractivity contribution in [2.45, 2.75) is 24.3 Å². The van der Waals surface area contributed by atoms with E-state index in [2.05, 4.69) is 20.7 Å². The molecule has 21 heavy (non-hydrogen) atoms.